The second kappa shape index (κ2) is 5.96. The first-order valence-corrected chi connectivity index (χ1v) is 5.34. The third kappa shape index (κ3) is 3.42. The molecule has 92 valence electrons. The first-order valence-electron chi connectivity index (χ1n) is 4.46. The average molecular weight is 266 g/mol. The number of carboxylic acid groups (broad SMARTS) is 1. The summed E-state index contributed by atoms with van der Waals surface area (Å²) in [5.74, 6) is -2.95. The fourth-order valence-corrected chi connectivity index (χ4v) is 1.47. The molecule has 0 unspecified atom stereocenters. The smallest absolute Gasteiger partial charge is 0.379 e. The number of aromatic nitrogens is 1. The number of thiazole rings is 1. The Morgan fingerprint density at radius 3 is 2.72 bits per heavy atom. The van der Waals surface area contributed by atoms with Gasteiger partial charge in [0.2, 0.25) is 11.5 Å². The third-order valence-corrected chi connectivity index (χ3v) is 2.42. The van der Waals surface area contributed by atoms with E-state index in [0.717, 1.165) is 0 Å². The number of carboxylic acids is 1. The van der Waals surface area contributed by atoms with Crippen LogP contribution in [0.2, 0.25) is 0 Å². The minimum atomic E-state index is -1.35. The van der Waals surface area contributed by atoms with Gasteiger partial charge in [0.15, 0.2) is 0 Å². The molecule has 0 aliphatic heterocycles. The summed E-state index contributed by atoms with van der Waals surface area (Å²) in [7, 11) is 4.59. The SMILES string of the molecule is [B]OC(=O)C(=C)O/N=C(\C(=O)O)c1csc(C)n1. The first kappa shape index (κ1) is 13.9. The second-order valence-corrected chi connectivity index (χ2v) is 3.98. The Bertz CT molecular complexity index is 525. The van der Waals surface area contributed by atoms with Crippen LogP contribution in [-0.4, -0.2) is 35.8 Å². The summed E-state index contributed by atoms with van der Waals surface area (Å²) in [6.07, 6.45) is 0. The molecule has 0 saturated carbocycles. The zero-order valence-electron chi connectivity index (χ0n) is 9.24. The number of carbonyl (C=O) groups excluding carboxylic acids is 1. The third-order valence-electron chi connectivity index (χ3n) is 1.65. The molecule has 18 heavy (non-hydrogen) atoms. The maximum absolute atomic E-state index is 10.9. The van der Waals surface area contributed by atoms with Crippen LogP contribution < -0.4 is 0 Å². The number of aliphatic carboxylic acids is 1. The van der Waals surface area contributed by atoms with E-state index >= 15 is 0 Å². The fourth-order valence-electron chi connectivity index (χ4n) is 0.871. The Hall–Kier alpha value is -2.16. The monoisotopic (exact) mass is 266 g/mol. The van der Waals surface area contributed by atoms with Crippen LogP contribution in [0.5, 0.6) is 0 Å². The minimum absolute atomic E-state index is 0.124. The lowest BCUT2D eigenvalue weighted by molar-refractivity contribution is -0.134. The van der Waals surface area contributed by atoms with E-state index in [4.69, 9.17) is 5.11 Å². The van der Waals surface area contributed by atoms with E-state index in [0.29, 0.717) is 5.01 Å². The van der Waals surface area contributed by atoms with Crippen molar-refractivity contribution in [2.45, 2.75) is 6.92 Å². The Morgan fingerprint density at radius 1 is 1.61 bits per heavy atom. The lowest BCUT2D eigenvalue weighted by Gasteiger charge is -2.01. The minimum Gasteiger partial charge on any atom is -0.538 e. The fraction of sp³-hybridized carbons (Fsp3) is 0.111. The maximum Gasteiger partial charge on any atom is 0.379 e. The Labute approximate surface area is 107 Å². The number of carbonyl (C=O) groups is 2. The zero-order chi connectivity index (χ0) is 13.7. The predicted octanol–water partition coefficient (Wildman–Crippen LogP) is 0.397. The molecule has 0 saturated heterocycles. The molecule has 9 heteroatoms. The standard InChI is InChI=1S/C9H7BN2O5S/c1-4(9(15)16-10)17-12-7(8(13)14)6-3-18-5(2)11-6/h3H,1H2,2H3,(H,13,14)/b12-7-. The molecule has 1 N–H and O–H groups in total. The molecule has 0 aliphatic rings. The van der Waals surface area contributed by atoms with Crippen molar-refractivity contribution in [2.75, 3.05) is 0 Å². The van der Waals surface area contributed by atoms with E-state index in [1.54, 1.807) is 6.92 Å². The van der Waals surface area contributed by atoms with Crippen molar-refractivity contribution in [3.63, 3.8) is 0 Å². The molecule has 0 aromatic carbocycles. The van der Waals surface area contributed by atoms with Gasteiger partial charge in [-0.2, -0.15) is 0 Å². The highest BCUT2D eigenvalue weighted by Gasteiger charge is 2.18. The van der Waals surface area contributed by atoms with Crippen molar-refractivity contribution in [3.05, 3.63) is 28.4 Å². The van der Waals surface area contributed by atoms with E-state index in [-0.39, 0.29) is 5.69 Å². The van der Waals surface area contributed by atoms with E-state index in [1.165, 1.54) is 16.7 Å². The highest BCUT2D eigenvalue weighted by molar-refractivity contribution is 7.09. The Kier molecular flexibility index (Phi) is 4.61. The average Bonchev–Trinajstić information content (AvgIpc) is 2.74. The Morgan fingerprint density at radius 2 is 2.28 bits per heavy atom. The second-order valence-electron chi connectivity index (χ2n) is 2.92. The molecule has 1 heterocycles. The summed E-state index contributed by atoms with van der Waals surface area (Å²) in [6.45, 7) is 4.87. The van der Waals surface area contributed by atoms with Gasteiger partial charge in [-0.3, -0.25) is 0 Å². The van der Waals surface area contributed by atoms with Gasteiger partial charge in [-0.05, 0) is 13.5 Å². The van der Waals surface area contributed by atoms with Crippen LogP contribution in [0, 0.1) is 6.92 Å². The molecule has 1 aromatic heterocycles. The summed E-state index contributed by atoms with van der Waals surface area (Å²) < 4.78 is 3.82. The number of oxime groups is 1. The molecule has 0 aliphatic carbocycles. The van der Waals surface area contributed by atoms with Gasteiger partial charge in [0.25, 0.3) is 0 Å². The quantitative estimate of drug-likeness (QED) is 0.272. The first-order chi connectivity index (χ1) is 8.45. The highest BCUT2D eigenvalue weighted by Crippen LogP contribution is 2.10. The summed E-state index contributed by atoms with van der Waals surface area (Å²) in [6, 6.07) is 0. The van der Waals surface area contributed by atoms with E-state index in [1.807, 2.05) is 0 Å². The van der Waals surface area contributed by atoms with Gasteiger partial charge in [0, 0.05) is 5.38 Å². The number of rotatable bonds is 5. The molecule has 0 amide bonds. The van der Waals surface area contributed by atoms with Crippen molar-refractivity contribution in [1.29, 1.82) is 0 Å². The molecule has 0 bridgehead atoms. The number of nitrogens with zero attached hydrogens (tertiary/aromatic N) is 2. The van der Waals surface area contributed by atoms with E-state index in [9.17, 15) is 9.59 Å². The van der Waals surface area contributed by atoms with Gasteiger partial charge in [0.1, 0.15) is 5.69 Å². The highest BCUT2D eigenvalue weighted by atomic mass is 32.1. The van der Waals surface area contributed by atoms with Crippen LogP contribution in [0.15, 0.2) is 22.9 Å². The molecule has 1 rings (SSSR count). The maximum atomic E-state index is 10.9. The van der Waals surface area contributed by atoms with Crippen molar-refractivity contribution >= 4 is 37.0 Å². The van der Waals surface area contributed by atoms with Crippen LogP contribution in [-0.2, 0) is 19.1 Å². The van der Waals surface area contributed by atoms with Crippen LogP contribution in [0.25, 0.3) is 0 Å². The summed E-state index contributed by atoms with van der Waals surface area (Å²) in [4.78, 5) is 30.2. The van der Waals surface area contributed by atoms with Crippen LogP contribution in [0.1, 0.15) is 10.7 Å². The van der Waals surface area contributed by atoms with Gasteiger partial charge < -0.3 is 14.6 Å². The van der Waals surface area contributed by atoms with Gasteiger partial charge in [-0.1, -0.05) is 5.16 Å². The van der Waals surface area contributed by atoms with Crippen molar-refractivity contribution in [1.82, 2.24) is 4.98 Å². The van der Waals surface area contributed by atoms with Gasteiger partial charge >= 0.3 is 20.0 Å². The summed E-state index contributed by atoms with van der Waals surface area (Å²) in [5.41, 5.74) is -0.329. The van der Waals surface area contributed by atoms with Crippen LogP contribution >= 0.6 is 11.3 Å². The molecular formula is C9H7BN2O5S. The number of aryl methyl sites for hydroxylation is 1. The predicted molar refractivity (Wildman–Crippen MR) is 63.1 cm³/mol. The molecule has 0 fully saturated rings. The molecular weight excluding hydrogens is 259 g/mol. The lowest BCUT2D eigenvalue weighted by Crippen LogP contribution is -2.16. The van der Waals surface area contributed by atoms with Crippen molar-refractivity contribution in [2.24, 2.45) is 5.16 Å². The van der Waals surface area contributed by atoms with Gasteiger partial charge in [-0.25, -0.2) is 14.6 Å². The van der Waals surface area contributed by atoms with Crippen molar-refractivity contribution < 1.29 is 24.2 Å². The summed E-state index contributed by atoms with van der Waals surface area (Å²) in [5, 5.41) is 14.4. The van der Waals surface area contributed by atoms with E-state index in [2.05, 4.69) is 34.3 Å². The van der Waals surface area contributed by atoms with Crippen molar-refractivity contribution in [3.8, 4) is 0 Å². The van der Waals surface area contributed by atoms with Crippen LogP contribution in [0.3, 0.4) is 0 Å². The van der Waals surface area contributed by atoms with E-state index < -0.39 is 23.4 Å². The lowest BCUT2D eigenvalue weighted by atomic mass is 10.3. The largest absolute Gasteiger partial charge is 0.538 e. The van der Waals surface area contributed by atoms with Crippen LogP contribution in [0.4, 0.5) is 0 Å². The van der Waals surface area contributed by atoms with Gasteiger partial charge in [0.05, 0.1) is 5.01 Å². The molecule has 0 atom stereocenters. The molecule has 2 radical (unpaired) electrons. The molecule has 1 aromatic rings. The Balaban J connectivity index is 2.90. The zero-order valence-corrected chi connectivity index (χ0v) is 10.1. The number of hydrogen-bond acceptors (Lipinski definition) is 7. The molecule has 7 nitrogen and oxygen atoms in total. The topological polar surface area (TPSA) is 98.1 Å². The summed E-state index contributed by atoms with van der Waals surface area (Å²) >= 11 is 1.25. The number of hydrogen-bond donors (Lipinski definition) is 1. The normalized spacial score (nSPS) is 10.8. The molecule has 0 spiro atoms. The van der Waals surface area contributed by atoms with Gasteiger partial charge in [-0.15, -0.1) is 11.3 Å².